The van der Waals surface area contributed by atoms with Crippen LogP contribution in [-0.2, 0) is 9.53 Å². The smallest absolute Gasteiger partial charge is 0.236 e. The molecule has 1 fully saturated rings. The van der Waals surface area contributed by atoms with Crippen molar-refractivity contribution < 1.29 is 14.7 Å². The fraction of sp³-hybridized carbons (Fsp3) is 0.833. The van der Waals surface area contributed by atoms with Crippen LogP contribution in [0.25, 0.3) is 0 Å². The van der Waals surface area contributed by atoms with Crippen LogP contribution in [0.5, 0.6) is 0 Å². The van der Waals surface area contributed by atoms with E-state index in [0.29, 0.717) is 26.0 Å². The number of carbonyl (C=O) groups excluding carboxylic acids is 1. The molecule has 0 radical (unpaired) electrons. The lowest BCUT2D eigenvalue weighted by atomic mass is 9.83. The number of hydrogen-bond acceptors (Lipinski definition) is 4. The molecule has 0 aromatic heterocycles. The van der Waals surface area contributed by atoms with Crippen molar-refractivity contribution in [3.8, 4) is 0 Å². The number of amidine groups is 1. The Bertz CT molecular complexity index is 312. The molecule has 18 heavy (non-hydrogen) atoms. The maximum absolute atomic E-state index is 12.5. The van der Waals surface area contributed by atoms with Crippen molar-refractivity contribution in [2.75, 3.05) is 27.3 Å². The molecule has 1 rings (SSSR count). The Morgan fingerprint density at radius 3 is 2.61 bits per heavy atom. The van der Waals surface area contributed by atoms with E-state index in [0.717, 1.165) is 19.3 Å². The van der Waals surface area contributed by atoms with Crippen molar-refractivity contribution in [1.82, 2.24) is 4.90 Å². The van der Waals surface area contributed by atoms with Crippen molar-refractivity contribution in [3.05, 3.63) is 0 Å². The van der Waals surface area contributed by atoms with Crippen LogP contribution < -0.4 is 5.73 Å². The van der Waals surface area contributed by atoms with E-state index in [1.165, 1.54) is 0 Å². The average Bonchev–Trinajstić information content (AvgIpc) is 2.87. The molecule has 0 heterocycles. The normalized spacial score (nSPS) is 18.9. The van der Waals surface area contributed by atoms with Gasteiger partial charge in [-0.15, -0.1) is 0 Å². The van der Waals surface area contributed by atoms with Crippen molar-refractivity contribution in [3.63, 3.8) is 0 Å². The van der Waals surface area contributed by atoms with Gasteiger partial charge in [0.05, 0.1) is 0 Å². The Kier molecular flexibility index (Phi) is 5.40. The number of hydrogen-bond donors (Lipinski definition) is 2. The first-order valence-electron chi connectivity index (χ1n) is 6.31. The molecule has 1 amide bonds. The molecule has 0 aliphatic heterocycles. The van der Waals surface area contributed by atoms with Gasteiger partial charge in [-0.2, -0.15) is 0 Å². The molecule has 1 saturated carbocycles. The summed E-state index contributed by atoms with van der Waals surface area (Å²) in [5.41, 5.74) is 4.94. The number of rotatable bonds is 6. The summed E-state index contributed by atoms with van der Waals surface area (Å²) in [6, 6.07) is 0. The van der Waals surface area contributed by atoms with Crippen molar-refractivity contribution in [2.24, 2.45) is 16.3 Å². The van der Waals surface area contributed by atoms with Gasteiger partial charge in [-0.3, -0.25) is 4.79 Å². The van der Waals surface area contributed by atoms with E-state index in [4.69, 9.17) is 15.7 Å². The minimum atomic E-state index is -0.795. The van der Waals surface area contributed by atoms with Gasteiger partial charge in [0, 0.05) is 27.3 Å². The summed E-state index contributed by atoms with van der Waals surface area (Å²) in [6.45, 7) is 1.24. The van der Waals surface area contributed by atoms with Gasteiger partial charge in [0.2, 0.25) is 5.91 Å². The van der Waals surface area contributed by atoms with Gasteiger partial charge in [0.1, 0.15) is 5.41 Å². The Hall–Kier alpha value is -1.30. The number of nitrogens with zero attached hydrogens (tertiary/aromatic N) is 2. The third kappa shape index (κ3) is 2.93. The highest BCUT2D eigenvalue weighted by atomic mass is 16.5. The average molecular weight is 257 g/mol. The molecule has 0 atom stereocenters. The van der Waals surface area contributed by atoms with Crippen LogP contribution in [0.15, 0.2) is 5.16 Å². The Morgan fingerprint density at radius 1 is 1.50 bits per heavy atom. The van der Waals surface area contributed by atoms with Gasteiger partial charge in [-0.1, -0.05) is 18.0 Å². The van der Waals surface area contributed by atoms with Crippen LogP contribution >= 0.6 is 0 Å². The first-order valence-corrected chi connectivity index (χ1v) is 6.31. The lowest BCUT2D eigenvalue weighted by Gasteiger charge is -2.31. The first kappa shape index (κ1) is 14.8. The molecule has 0 aromatic carbocycles. The number of amides is 1. The molecule has 0 saturated heterocycles. The van der Waals surface area contributed by atoms with Crippen LogP contribution in [0.3, 0.4) is 0 Å². The zero-order chi connectivity index (χ0) is 13.6. The molecule has 0 aromatic rings. The molecule has 104 valence electrons. The van der Waals surface area contributed by atoms with Gasteiger partial charge < -0.3 is 20.6 Å². The second-order valence-electron chi connectivity index (χ2n) is 4.85. The van der Waals surface area contributed by atoms with E-state index < -0.39 is 5.41 Å². The summed E-state index contributed by atoms with van der Waals surface area (Å²) in [5.74, 6) is -0.00463. The van der Waals surface area contributed by atoms with Crippen LogP contribution in [0.2, 0.25) is 0 Å². The SMILES string of the molecule is COCCCN(C)C(=O)C1(C(N)=NO)CCCC1. The molecular weight excluding hydrogens is 234 g/mol. The van der Waals surface area contributed by atoms with Crippen LogP contribution in [0.1, 0.15) is 32.1 Å². The monoisotopic (exact) mass is 257 g/mol. The van der Waals surface area contributed by atoms with Crippen LogP contribution in [0, 0.1) is 5.41 Å². The number of nitrogens with two attached hydrogens (primary N) is 1. The molecule has 3 N–H and O–H groups in total. The predicted octanol–water partition coefficient (Wildman–Crippen LogP) is 0.788. The third-order valence-electron chi connectivity index (χ3n) is 3.65. The van der Waals surface area contributed by atoms with Crippen LogP contribution in [-0.4, -0.2) is 49.2 Å². The number of oxime groups is 1. The second-order valence-corrected chi connectivity index (χ2v) is 4.85. The van der Waals surface area contributed by atoms with Gasteiger partial charge in [-0.25, -0.2) is 0 Å². The standard InChI is InChI=1S/C12H23N3O3/c1-15(8-5-9-18-2)11(16)12(10(13)14-17)6-3-4-7-12/h17H,3-9H2,1-2H3,(H2,13,14). The second kappa shape index (κ2) is 6.58. The zero-order valence-electron chi connectivity index (χ0n) is 11.2. The largest absolute Gasteiger partial charge is 0.409 e. The summed E-state index contributed by atoms with van der Waals surface area (Å²) in [6.07, 6.45) is 3.99. The summed E-state index contributed by atoms with van der Waals surface area (Å²) in [5, 5.41) is 11.9. The Labute approximate surface area is 108 Å². The van der Waals surface area contributed by atoms with E-state index in [1.807, 2.05) is 0 Å². The van der Waals surface area contributed by atoms with Gasteiger partial charge in [0.15, 0.2) is 5.84 Å². The predicted molar refractivity (Wildman–Crippen MR) is 68.4 cm³/mol. The summed E-state index contributed by atoms with van der Waals surface area (Å²) in [7, 11) is 3.39. The fourth-order valence-electron chi connectivity index (χ4n) is 2.57. The summed E-state index contributed by atoms with van der Waals surface area (Å²) < 4.78 is 4.96. The van der Waals surface area contributed by atoms with E-state index in [1.54, 1.807) is 19.1 Å². The number of carbonyl (C=O) groups is 1. The summed E-state index contributed by atoms with van der Waals surface area (Å²) in [4.78, 5) is 14.1. The topological polar surface area (TPSA) is 88.2 Å². The molecule has 1 aliphatic rings. The minimum absolute atomic E-state index is 0.0450. The Balaban J connectivity index is 2.71. The maximum Gasteiger partial charge on any atom is 0.236 e. The highest BCUT2D eigenvalue weighted by Crippen LogP contribution is 2.39. The van der Waals surface area contributed by atoms with E-state index in [-0.39, 0.29) is 11.7 Å². The van der Waals surface area contributed by atoms with E-state index >= 15 is 0 Å². The van der Waals surface area contributed by atoms with Gasteiger partial charge in [0.25, 0.3) is 0 Å². The zero-order valence-corrected chi connectivity index (χ0v) is 11.2. The molecule has 0 spiro atoms. The molecule has 6 nitrogen and oxygen atoms in total. The van der Waals surface area contributed by atoms with Crippen molar-refractivity contribution in [1.29, 1.82) is 0 Å². The maximum atomic E-state index is 12.5. The van der Waals surface area contributed by atoms with E-state index in [2.05, 4.69) is 5.16 Å². The highest BCUT2D eigenvalue weighted by molar-refractivity contribution is 6.06. The molecule has 1 aliphatic carbocycles. The van der Waals surface area contributed by atoms with Crippen molar-refractivity contribution in [2.45, 2.75) is 32.1 Å². The third-order valence-corrected chi connectivity index (χ3v) is 3.65. The minimum Gasteiger partial charge on any atom is -0.409 e. The Morgan fingerprint density at radius 2 is 2.11 bits per heavy atom. The lowest BCUT2D eigenvalue weighted by molar-refractivity contribution is -0.137. The van der Waals surface area contributed by atoms with Gasteiger partial charge >= 0.3 is 0 Å². The van der Waals surface area contributed by atoms with Crippen LogP contribution in [0.4, 0.5) is 0 Å². The number of ether oxygens (including phenoxy) is 1. The number of methoxy groups -OCH3 is 1. The fourth-order valence-corrected chi connectivity index (χ4v) is 2.57. The van der Waals surface area contributed by atoms with Gasteiger partial charge in [-0.05, 0) is 19.3 Å². The highest BCUT2D eigenvalue weighted by Gasteiger charge is 2.46. The first-order chi connectivity index (χ1) is 8.58. The molecular formula is C12H23N3O3. The van der Waals surface area contributed by atoms with Crippen molar-refractivity contribution >= 4 is 11.7 Å². The quantitative estimate of drug-likeness (QED) is 0.242. The summed E-state index contributed by atoms with van der Waals surface area (Å²) >= 11 is 0. The van der Waals surface area contributed by atoms with E-state index in [9.17, 15) is 4.79 Å². The molecule has 0 bridgehead atoms. The molecule has 0 unspecified atom stereocenters. The lowest BCUT2D eigenvalue weighted by Crippen LogP contribution is -2.49. The molecule has 6 heteroatoms.